The van der Waals surface area contributed by atoms with E-state index in [0.29, 0.717) is 29.8 Å². The lowest BCUT2D eigenvalue weighted by Crippen LogP contribution is -2.57. The minimum Gasteiger partial charge on any atom is -0.311 e. The number of sulfonamides is 1. The summed E-state index contributed by atoms with van der Waals surface area (Å²) in [5.41, 5.74) is 0. The van der Waals surface area contributed by atoms with Crippen LogP contribution in [0.3, 0.4) is 0 Å². The van der Waals surface area contributed by atoms with E-state index in [1.54, 1.807) is 0 Å². The molecule has 3 saturated carbocycles. The van der Waals surface area contributed by atoms with E-state index in [4.69, 9.17) is 0 Å². The number of nitrogens with zero attached hydrogens (tertiary/aromatic N) is 1. The van der Waals surface area contributed by atoms with Gasteiger partial charge in [0.2, 0.25) is 10.0 Å². The highest BCUT2D eigenvalue weighted by Crippen LogP contribution is 2.44. The summed E-state index contributed by atoms with van der Waals surface area (Å²) in [5, 5.41) is 3.68. The van der Waals surface area contributed by atoms with Gasteiger partial charge in [-0.05, 0) is 81.0 Å². The van der Waals surface area contributed by atoms with Crippen LogP contribution < -0.4 is 5.32 Å². The van der Waals surface area contributed by atoms with Crippen LogP contribution in [0.2, 0.25) is 0 Å². The molecule has 31 heavy (non-hydrogen) atoms. The van der Waals surface area contributed by atoms with Gasteiger partial charge in [0.05, 0.1) is 5.25 Å². The molecule has 1 aliphatic heterocycles. The maximum atomic E-state index is 14.1. The van der Waals surface area contributed by atoms with Crippen LogP contribution in [0.1, 0.15) is 105 Å². The predicted molar refractivity (Wildman–Crippen MR) is 129 cm³/mol. The summed E-state index contributed by atoms with van der Waals surface area (Å²) in [6, 6.07) is 1.21. The molecule has 4 rings (SSSR count). The van der Waals surface area contributed by atoms with Crippen LogP contribution in [-0.4, -0.2) is 42.6 Å². The van der Waals surface area contributed by atoms with Crippen LogP contribution in [0.4, 0.5) is 0 Å². The van der Waals surface area contributed by atoms with Gasteiger partial charge in [-0.15, -0.1) is 0 Å². The highest BCUT2D eigenvalue weighted by Gasteiger charge is 2.48. The van der Waals surface area contributed by atoms with Crippen molar-refractivity contribution in [3.8, 4) is 0 Å². The average Bonchev–Trinajstić information content (AvgIpc) is 2.69. The summed E-state index contributed by atoms with van der Waals surface area (Å²) in [5.74, 6) is 2.75. The normalized spacial score (nSPS) is 39.1. The second-order valence-corrected chi connectivity index (χ2v) is 14.1. The number of hydrogen-bond acceptors (Lipinski definition) is 3. The zero-order valence-electron chi connectivity index (χ0n) is 20.6. The minimum absolute atomic E-state index is 0.183. The molecule has 4 aliphatic rings. The summed E-state index contributed by atoms with van der Waals surface area (Å²) >= 11 is 0. The van der Waals surface area contributed by atoms with Crippen molar-refractivity contribution in [2.75, 3.05) is 6.54 Å². The number of rotatable bonds is 7. The molecule has 1 saturated heterocycles. The highest BCUT2D eigenvalue weighted by molar-refractivity contribution is 7.89. The Balaban J connectivity index is 1.52. The second kappa shape index (κ2) is 10.0. The van der Waals surface area contributed by atoms with Crippen molar-refractivity contribution < 1.29 is 8.42 Å². The van der Waals surface area contributed by atoms with Crippen molar-refractivity contribution in [2.24, 2.45) is 29.6 Å². The third kappa shape index (κ3) is 5.19. The quantitative estimate of drug-likeness (QED) is 0.549. The van der Waals surface area contributed by atoms with Crippen LogP contribution in [0, 0.1) is 29.6 Å². The molecule has 7 unspecified atom stereocenters. The molecule has 180 valence electrons. The monoisotopic (exact) mass is 452 g/mol. The maximum absolute atomic E-state index is 14.1. The van der Waals surface area contributed by atoms with Gasteiger partial charge in [0.15, 0.2) is 0 Å². The average molecular weight is 453 g/mol. The molecule has 1 N–H and O–H groups in total. The Morgan fingerprint density at radius 2 is 1.61 bits per heavy atom. The maximum Gasteiger partial charge on any atom is 0.217 e. The van der Waals surface area contributed by atoms with Crippen LogP contribution in [0.25, 0.3) is 0 Å². The van der Waals surface area contributed by atoms with Crippen molar-refractivity contribution in [2.45, 2.75) is 128 Å². The van der Waals surface area contributed by atoms with E-state index < -0.39 is 10.0 Å². The third-order valence-electron chi connectivity index (χ3n) is 9.39. The van der Waals surface area contributed by atoms with Gasteiger partial charge >= 0.3 is 0 Å². The first-order valence-electron chi connectivity index (χ1n) is 13.5. The molecule has 0 radical (unpaired) electrons. The van der Waals surface area contributed by atoms with Crippen molar-refractivity contribution in [1.29, 1.82) is 0 Å². The number of nitrogens with one attached hydrogen (secondary N) is 1. The molecule has 0 aromatic carbocycles. The zero-order valence-corrected chi connectivity index (χ0v) is 21.4. The molecule has 4 fully saturated rings. The number of piperidine rings is 1. The summed E-state index contributed by atoms with van der Waals surface area (Å²) in [6.07, 6.45) is 14.5. The van der Waals surface area contributed by atoms with Gasteiger partial charge < -0.3 is 5.32 Å². The molecule has 7 atom stereocenters. The van der Waals surface area contributed by atoms with Crippen LogP contribution in [0.15, 0.2) is 0 Å². The van der Waals surface area contributed by atoms with Gasteiger partial charge in [-0.1, -0.05) is 53.4 Å². The van der Waals surface area contributed by atoms with Crippen LogP contribution in [-0.2, 0) is 10.0 Å². The van der Waals surface area contributed by atoms with Crippen LogP contribution >= 0.6 is 0 Å². The number of hydrogen-bond donors (Lipinski definition) is 1. The molecule has 5 heteroatoms. The molecule has 3 aliphatic carbocycles. The summed E-state index contributed by atoms with van der Waals surface area (Å²) in [6.45, 7) is 9.76. The van der Waals surface area contributed by atoms with Gasteiger partial charge in [-0.3, -0.25) is 0 Å². The van der Waals surface area contributed by atoms with Gasteiger partial charge in [-0.2, -0.15) is 4.31 Å². The van der Waals surface area contributed by atoms with Gasteiger partial charge in [0.25, 0.3) is 0 Å². The molecule has 1 heterocycles. The van der Waals surface area contributed by atoms with E-state index in [-0.39, 0.29) is 17.2 Å². The molecular weight excluding hydrogens is 404 g/mol. The Morgan fingerprint density at radius 1 is 0.903 bits per heavy atom. The Morgan fingerprint density at radius 3 is 2.29 bits per heavy atom. The molecule has 0 amide bonds. The predicted octanol–water partition coefficient (Wildman–Crippen LogP) is 5.58. The highest BCUT2D eigenvalue weighted by atomic mass is 32.2. The van der Waals surface area contributed by atoms with E-state index in [9.17, 15) is 8.42 Å². The topological polar surface area (TPSA) is 49.4 Å². The lowest BCUT2D eigenvalue weighted by atomic mass is 9.73. The summed E-state index contributed by atoms with van der Waals surface area (Å²) < 4.78 is 30.3. The summed E-state index contributed by atoms with van der Waals surface area (Å²) in [7, 11) is -3.25. The van der Waals surface area contributed by atoms with Crippen molar-refractivity contribution >= 4 is 10.0 Å². The fraction of sp³-hybridized carbons (Fsp3) is 1.00. The smallest absolute Gasteiger partial charge is 0.217 e. The Kier molecular flexibility index (Phi) is 7.75. The van der Waals surface area contributed by atoms with E-state index >= 15 is 0 Å². The first-order valence-corrected chi connectivity index (χ1v) is 15.0. The Labute approximate surface area is 192 Å². The first-order chi connectivity index (χ1) is 14.8. The second-order valence-electron chi connectivity index (χ2n) is 12.0. The molecule has 0 aromatic heterocycles. The van der Waals surface area contributed by atoms with E-state index in [2.05, 4.69) is 33.0 Å². The van der Waals surface area contributed by atoms with Crippen molar-refractivity contribution in [3.05, 3.63) is 0 Å². The first kappa shape index (κ1) is 24.0. The molecule has 0 spiro atoms. The Bertz CT molecular complexity index is 688. The Hall–Kier alpha value is -0.130. The van der Waals surface area contributed by atoms with Gasteiger partial charge in [0.1, 0.15) is 0 Å². The lowest BCUT2D eigenvalue weighted by Gasteiger charge is -2.49. The molecule has 0 bridgehead atoms. The third-order valence-corrected chi connectivity index (χ3v) is 11.9. The number of fused-ring (bicyclic) bond motifs is 1. The summed E-state index contributed by atoms with van der Waals surface area (Å²) in [4.78, 5) is 0. The largest absolute Gasteiger partial charge is 0.311 e. The molecule has 4 nitrogen and oxygen atoms in total. The van der Waals surface area contributed by atoms with Gasteiger partial charge in [-0.25, -0.2) is 8.42 Å². The fourth-order valence-electron chi connectivity index (χ4n) is 7.48. The molecule has 0 aromatic rings. The van der Waals surface area contributed by atoms with E-state index in [1.165, 1.54) is 57.8 Å². The molecular formula is C26H48N2O2S. The SMILES string of the molecule is CC(C)NC(CC1CCC1)C1CCC(C)C(S(=O)(=O)N2CCCC3CCCC(C)C32)C1. The zero-order chi connectivity index (χ0) is 22.2. The van der Waals surface area contributed by atoms with Crippen molar-refractivity contribution in [1.82, 2.24) is 9.62 Å². The standard InChI is InChI=1S/C26H48N2O2S/c1-18(2)27-24(16-21-9-6-10-21)23-14-13-19(3)25(17-23)31(29,30)28-15-7-12-22-11-5-8-20(4)26(22)28/h18-27H,5-17H2,1-4H3. The van der Waals surface area contributed by atoms with Gasteiger partial charge in [0, 0.05) is 24.7 Å². The van der Waals surface area contributed by atoms with E-state index in [1.807, 2.05) is 4.31 Å². The van der Waals surface area contributed by atoms with Crippen molar-refractivity contribution in [3.63, 3.8) is 0 Å². The minimum atomic E-state index is -3.25. The lowest BCUT2D eigenvalue weighted by molar-refractivity contribution is 0.0812. The fourth-order valence-corrected chi connectivity index (χ4v) is 10.1. The van der Waals surface area contributed by atoms with E-state index in [0.717, 1.165) is 31.7 Å². The van der Waals surface area contributed by atoms with Crippen LogP contribution in [0.5, 0.6) is 0 Å².